The molecule has 0 heterocycles. The van der Waals surface area contributed by atoms with Gasteiger partial charge in [0.2, 0.25) is 0 Å². The lowest BCUT2D eigenvalue weighted by Crippen LogP contribution is -2.36. The van der Waals surface area contributed by atoms with Crippen LogP contribution < -0.4 is 0 Å². The number of esters is 1. The Balaban J connectivity index is 4.26. The lowest BCUT2D eigenvalue weighted by molar-refractivity contribution is -0.166. The van der Waals surface area contributed by atoms with Gasteiger partial charge in [-0.25, -0.2) is 0 Å². The number of ether oxygens (including phenoxy) is 1. The van der Waals surface area contributed by atoms with Crippen molar-refractivity contribution in [3.8, 4) is 0 Å². The van der Waals surface area contributed by atoms with Crippen molar-refractivity contribution in [1.82, 2.24) is 4.90 Å². The van der Waals surface area contributed by atoms with Gasteiger partial charge >= 0.3 is 5.97 Å². The zero-order chi connectivity index (χ0) is 13.0. The molecular weight excluding hydrogens is 202 g/mol. The summed E-state index contributed by atoms with van der Waals surface area (Å²) in [7, 11) is 2.06. The average Bonchev–Trinajstić information content (AvgIpc) is 2.11. The van der Waals surface area contributed by atoms with Crippen LogP contribution in [0.4, 0.5) is 0 Å². The molecule has 0 spiro atoms. The zero-order valence-corrected chi connectivity index (χ0v) is 11.9. The van der Waals surface area contributed by atoms with Crippen LogP contribution in [0.5, 0.6) is 0 Å². The minimum Gasteiger partial charge on any atom is -0.460 e. The molecule has 0 rings (SSSR count). The first-order valence-corrected chi connectivity index (χ1v) is 6.00. The molecule has 0 aliphatic rings. The number of hydrogen-bond acceptors (Lipinski definition) is 3. The lowest BCUT2D eigenvalue weighted by atomic mass is 9.89. The van der Waals surface area contributed by atoms with Gasteiger partial charge in [0.15, 0.2) is 0 Å². The Kier molecular flexibility index (Phi) is 5.47. The standard InChI is InChI=1S/C13H27NO2/c1-8-14(7)10-9-13(5,6)11(15)16-12(2,3)4/h8-10H2,1-7H3. The normalized spacial score (nSPS) is 13.0. The number of carbonyl (C=O) groups is 1. The Morgan fingerprint density at radius 3 is 2.06 bits per heavy atom. The van der Waals surface area contributed by atoms with Gasteiger partial charge in [-0.05, 0) is 61.2 Å². The van der Waals surface area contributed by atoms with Crippen molar-refractivity contribution >= 4 is 5.97 Å². The summed E-state index contributed by atoms with van der Waals surface area (Å²) in [6.45, 7) is 13.6. The maximum absolute atomic E-state index is 11.9. The molecule has 0 saturated carbocycles. The molecule has 0 unspecified atom stereocenters. The van der Waals surface area contributed by atoms with Crippen LogP contribution in [0.3, 0.4) is 0 Å². The van der Waals surface area contributed by atoms with Crippen LogP contribution in [-0.4, -0.2) is 36.6 Å². The van der Waals surface area contributed by atoms with Crippen molar-refractivity contribution in [2.75, 3.05) is 20.1 Å². The minimum absolute atomic E-state index is 0.107. The Hall–Kier alpha value is -0.570. The maximum Gasteiger partial charge on any atom is 0.312 e. The Labute approximate surface area is 100 Å². The third-order valence-electron chi connectivity index (χ3n) is 2.61. The predicted octanol–water partition coefficient (Wildman–Crippen LogP) is 2.70. The second-order valence-electron chi connectivity index (χ2n) is 6.03. The molecule has 0 bridgehead atoms. The molecule has 16 heavy (non-hydrogen) atoms. The molecule has 0 fully saturated rings. The van der Waals surface area contributed by atoms with E-state index >= 15 is 0 Å². The van der Waals surface area contributed by atoms with E-state index in [0.717, 1.165) is 19.5 Å². The molecule has 0 amide bonds. The van der Waals surface area contributed by atoms with E-state index in [4.69, 9.17) is 4.74 Å². The van der Waals surface area contributed by atoms with Crippen molar-refractivity contribution in [3.63, 3.8) is 0 Å². The first kappa shape index (κ1) is 15.4. The molecule has 0 saturated heterocycles. The molecular formula is C13H27NO2. The summed E-state index contributed by atoms with van der Waals surface area (Å²) in [4.78, 5) is 14.1. The third-order valence-corrected chi connectivity index (χ3v) is 2.61. The molecule has 0 N–H and O–H groups in total. The van der Waals surface area contributed by atoms with Gasteiger partial charge in [-0.1, -0.05) is 6.92 Å². The van der Waals surface area contributed by atoms with Crippen LogP contribution in [0.15, 0.2) is 0 Å². The van der Waals surface area contributed by atoms with Crippen LogP contribution in [0, 0.1) is 5.41 Å². The average molecular weight is 229 g/mol. The van der Waals surface area contributed by atoms with E-state index in [1.165, 1.54) is 0 Å². The highest BCUT2D eigenvalue weighted by Crippen LogP contribution is 2.25. The molecule has 3 heteroatoms. The Morgan fingerprint density at radius 2 is 1.69 bits per heavy atom. The quantitative estimate of drug-likeness (QED) is 0.679. The Bertz CT molecular complexity index is 229. The highest BCUT2D eigenvalue weighted by atomic mass is 16.6. The first-order valence-electron chi connectivity index (χ1n) is 6.00. The summed E-state index contributed by atoms with van der Waals surface area (Å²) in [6.07, 6.45) is 0.826. The molecule has 0 aliphatic carbocycles. The van der Waals surface area contributed by atoms with Gasteiger partial charge in [0.1, 0.15) is 5.60 Å². The fourth-order valence-corrected chi connectivity index (χ4v) is 1.15. The van der Waals surface area contributed by atoms with Crippen LogP contribution >= 0.6 is 0 Å². The second-order valence-corrected chi connectivity index (χ2v) is 6.03. The van der Waals surface area contributed by atoms with E-state index in [2.05, 4.69) is 18.9 Å². The maximum atomic E-state index is 11.9. The van der Waals surface area contributed by atoms with E-state index in [9.17, 15) is 4.79 Å². The van der Waals surface area contributed by atoms with Crippen molar-refractivity contribution in [2.24, 2.45) is 5.41 Å². The third kappa shape index (κ3) is 6.11. The molecule has 0 radical (unpaired) electrons. The predicted molar refractivity (Wildman–Crippen MR) is 67.4 cm³/mol. The van der Waals surface area contributed by atoms with E-state index < -0.39 is 11.0 Å². The van der Waals surface area contributed by atoms with Crippen molar-refractivity contribution in [3.05, 3.63) is 0 Å². The molecule has 3 nitrogen and oxygen atoms in total. The van der Waals surface area contributed by atoms with Gasteiger partial charge in [-0.3, -0.25) is 4.79 Å². The lowest BCUT2D eigenvalue weighted by Gasteiger charge is -2.29. The molecule has 0 aliphatic heterocycles. The molecule has 96 valence electrons. The van der Waals surface area contributed by atoms with E-state index in [-0.39, 0.29) is 5.97 Å². The van der Waals surface area contributed by atoms with Crippen LogP contribution in [0.25, 0.3) is 0 Å². The molecule has 0 atom stereocenters. The fourth-order valence-electron chi connectivity index (χ4n) is 1.15. The van der Waals surface area contributed by atoms with E-state index in [1.54, 1.807) is 0 Å². The minimum atomic E-state index is -0.406. The van der Waals surface area contributed by atoms with Gasteiger partial charge in [0, 0.05) is 0 Å². The topological polar surface area (TPSA) is 29.5 Å². The smallest absolute Gasteiger partial charge is 0.312 e. The number of rotatable bonds is 5. The largest absolute Gasteiger partial charge is 0.460 e. The molecule has 0 aromatic carbocycles. The van der Waals surface area contributed by atoms with Gasteiger partial charge in [0.25, 0.3) is 0 Å². The van der Waals surface area contributed by atoms with Gasteiger partial charge in [-0.2, -0.15) is 0 Å². The second kappa shape index (κ2) is 5.67. The zero-order valence-electron chi connectivity index (χ0n) is 11.9. The van der Waals surface area contributed by atoms with E-state index in [1.807, 2.05) is 34.6 Å². The summed E-state index contributed by atoms with van der Waals surface area (Å²) in [5, 5.41) is 0. The molecule has 0 aromatic heterocycles. The highest BCUT2D eigenvalue weighted by Gasteiger charge is 2.32. The van der Waals surface area contributed by atoms with Gasteiger partial charge in [-0.15, -0.1) is 0 Å². The summed E-state index contributed by atoms with van der Waals surface area (Å²) in [5.74, 6) is -0.107. The summed E-state index contributed by atoms with van der Waals surface area (Å²) in [5.41, 5.74) is -0.804. The summed E-state index contributed by atoms with van der Waals surface area (Å²) < 4.78 is 5.41. The highest BCUT2D eigenvalue weighted by molar-refractivity contribution is 5.76. The first-order chi connectivity index (χ1) is 7.08. The van der Waals surface area contributed by atoms with Crippen molar-refractivity contribution < 1.29 is 9.53 Å². The molecule has 0 aromatic rings. The number of carbonyl (C=O) groups excluding carboxylic acids is 1. The van der Waals surface area contributed by atoms with Crippen LogP contribution in [-0.2, 0) is 9.53 Å². The van der Waals surface area contributed by atoms with E-state index in [0.29, 0.717) is 0 Å². The van der Waals surface area contributed by atoms with Gasteiger partial charge in [0.05, 0.1) is 5.41 Å². The summed E-state index contributed by atoms with van der Waals surface area (Å²) in [6, 6.07) is 0. The fraction of sp³-hybridized carbons (Fsp3) is 0.923. The van der Waals surface area contributed by atoms with Crippen molar-refractivity contribution in [2.45, 2.75) is 53.6 Å². The number of nitrogens with zero attached hydrogens (tertiary/aromatic N) is 1. The van der Waals surface area contributed by atoms with Crippen molar-refractivity contribution in [1.29, 1.82) is 0 Å². The summed E-state index contributed by atoms with van der Waals surface area (Å²) >= 11 is 0. The van der Waals surface area contributed by atoms with Gasteiger partial charge < -0.3 is 9.64 Å². The number of hydrogen-bond donors (Lipinski definition) is 0. The Morgan fingerprint density at radius 1 is 1.19 bits per heavy atom. The monoisotopic (exact) mass is 229 g/mol. The SMILES string of the molecule is CCN(C)CCC(C)(C)C(=O)OC(C)(C)C. The van der Waals surface area contributed by atoms with Crippen LogP contribution in [0.2, 0.25) is 0 Å². The van der Waals surface area contributed by atoms with Crippen LogP contribution in [0.1, 0.15) is 48.0 Å².